The van der Waals surface area contributed by atoms with Crippen LogP contribution in [0.1, 0.15) is 12.0 Å². The summed E-state index contributed by atoms with van der Waals surface area (Å²) in [7, 11) is 0. The molecule has 0 amide bonds. The SMILES string of the molecule is N#CC1(c2ccc(F)cc2Cl)CC1CO. The monoisotopic (exact) mass is 225 g/mol. The van der Waals surface area contributed by atoms with E-state index in [1.165, 1.54) is 18.2 Å². The largest absolute Gasteiger partial charge is 0.396 e. The molecular formula is C11H9ClFNO. The van der Waals surface area contributed by atoms with E-state index in [0.717, 1.165) is 0 Å². The van der Waals surface area contributed by atoms with Gasteiger partial charge in [-0.05, 0) is 24.1 Å². The van der Waals surface area contributed by atoms with Crippen molar-refractivity contribution < 1.29 is 9.50 Å². The fourth-order valence-electron chi connectivity index (χ4n) is 1.93. The number of aliphatic hydroxyl groups is 1. The maximum absolute atomic E-state index is 12.8. The van der Waals surface area contributed by atoms with Gasteiger partial charge in [-0.3, -0.25) is 0 Å². The first-order valence-electron chi connectivity index (χ1n) is 4.61. The molecule has 0 bridgehead atoms. The molecule has 1 aliphatic carbocycles. The molecule has 4 heteroatoms. The van der Waals surface area contributed by atoms with Crippen LogP contribution >= 0.6 is 11.6 Å². The van der Waals surface area contributed by atoms with Gasteiger partial charge in [0.1, 0.15) is 5.82 Å². The van der Waals surface area contributed by atoms with Gasteiger partial charge in [-0.2, -0.15) is 5.26 Å². The lowest BCUT2D eigenvalue weighted by Crippen LogP contribution is -2.10. The van der Waals surface area contributed by atoms with E-state index >= 15 is 0 Å². The zero-order valence-electron chi connectivity index (χ0n) is 7.87. The van der Waals surface area contributed by atoms with Crippen molar-refractivity contribution in [2.45, 2.75) is 11.8 Å². The number of halogens is 2. The van der Waals surface area contributed by atoms with Crippen molar-refractivity contribution in [3.05, 3.63) is 34.6 Å². The number of hydrogen-bond donors (Lipinski definition) is 1. The summed E-state index contributed by atoms with van der Waals surface area (Å²) >= 11 is 5.88. The highest BCUT2D eigenvalue weighted by Gasteiger charge is 2.56. The highest BCUT2D eigenvalue weighted by molar-refractivity contribution is 6.31. The zero-order valence-corrected chi connectivity index (χ0v) is 8.63. The van der Waals surface area contributed by atoms with Crippen molar-refractivity contribution in [2.24, 2.45) is 5.92 Å². The summed E-state index contributed by atoms with van der Waals surface area (Å²) in [5.41, 5.74) is -0.0911. The van der Waals surface area contributed by atoms with Crippen LogP contribution in [0.3, 0.4) is 0 Å². The normalized spacial score (nSPS) is 28.5. The van der Waals surface area contributed by atoms with Crippen LogP contribution in [0.15, 0.2) is 18.2 Å². The molecule has 1 aromatic carbocycles. The average molecular weight is 226 g/mol. The van der Waals surface area contributed by atoms with Gasteiger partial charge < -0.3 is 5.11 Å². The average Bonchev–Trinajstić information content (AvgIpc) is 2.93. The van der Waals surface area contributed by atoms with Crippen molar-refractivity contribution in [3.8, 4) is 6.07 Å². The van der Waals surface area contributed by atoms with Gasteiger partial charge in [0, 0.05) is 17.5 Å². The van der Waals surface area contributed by atoms with Gasteiger partial charge in [-0.25, -0.2) is 4.39 Å². The van der Waals surface area contributed by atoms with E-state index in [1.807, 2.05) is 0 Å². The van der Waals surface area contributed by atoms with Crippen molar-refractivity contribution in [2.75, 3.05) is 6.61 Å². The van der Waals surface area contributed by atoms with Gasteiger partial charge >= 0.3 is 0 Å². The number of rotatable bonds is 2. The zero-order chi connectivity index (χ0) is 11.1. The van der Waals surface area contributed by atoms with Crippen LogP contribution in [0.5, 0.6) is 0 Å². The molecule has 1 aliphatic rings. The Morgan fingerprint density at radius 1 is 1.67 bits per heavy atom. The highest BCUT2D eigenvalue weighted by Crippen LogP contribution is 2.55. The maximum atomic E-state index is 12.8. The Labute approximate surface area is 91.9 Å². The quantitative estimate of drug-likeness (QED) is 0.839. The number of hydrogen-bond acceptors (Lipinski definition) is 2. The minimum Gasteiger partial charge on any atom is -0.396 e. The van der Waals surface area contributed by atoms with Crippen molar-refractivity contribution >= 4 is 11.6 Å². The number of aliphatic hydroxyl groups excluding tert-OH is 1. The predicted molar refractivity (Wildman–Crippen MR) is 53.9 cm³/mol. The van der Waals surface area contributed by atoms with Crippen LogP contribution in [-0.4, -0.2) is 11.7 Å². The van der Waals surface area contributed by atoms with E-state index in [9.17, 15) is 4.39 Å². The molecule has 0 saturated heterocycles. The third kappa shape index (κ3) is 1.50. The molecule has 1 saturated carbocycles. The van der Waals surface area contributed by atoms with Crippen molar-refractivity contribution in [1.82, 2.24) is 0 Å². The molecule has 78 valence electrons. The Bertz CT molecular complexity index is 443. The van der Waals surface area contributed by atoms with E-state index < -0.39 is 11.2 Å². The van der Waals surface area contributed by atoms with E-state index in [-0.39, 0.29) is 17.5 Å². The summed E-state index contributed by atoms with van der Waals surface area (Å²) in [6.07, 6.45) is 0.589. The summed E-state index contributed by atoms with van der Waals surface area (Å²) in [5, 5.41) is 18.4. The molecule has 0 aromatic heterocycles. The Morgan fingerprint density at radius 3 is 2.87 bits per heavy atom. The second kappa shape index (κ2) is 3.48. The second-order valence-corrected chi connectivity index (χ2v) is 4.20. The van der Waals surface area contributed by atoms with E-state index in [1.54, 1.807) is 0 Å². The molecule has 2 nitrogen and oxygen atoms in total. The summed E-state index contributed by atoms with van der Waals surface area (Å²) in [6.45, 7) is -0.0404. The smallest absolute Gasteiger partial charge is 0.124 e. The summed E-state index contributed by atoms with van der Waals surface area (Å²) < 4.78 is 12.8. The molecule has 2 unspecified atom stereocenters. The van der Waals surface area contributed by atoms with E-state index in [4.69, 9.17) is 22.0 Å². The molecule has 2 atom stereocenters. The molecule has 1 aromatic rings. The predicted octanol–water partition coefficient (Wildman–Crippen LogP) is 2.25. The molecule has 1 fully saturated rings. The highest BCUT2D eigenvalue weighted by atomic mass is 35.5. The third-order valence-electron chi connectivity index (χ3n) is 2.94. The molecule has 1 N–H and O–H groups in total. The van der Waals surface area contributed by atoms with Crippen LogP contribution in [0, 0.1) is 23.1 Å². The molecular weight excluding hydrogens is 217 g/mol. The molecule has 0 heterocycles. The maximum Gasteiger partial charge on any atom is 0.124 e. The summed E-state index contributed by atoms with van der Waals surface area (Å²) in [4.78, 5) is 0. The standard InChI is InChI=1S/C11H9ClFNO/c12-10-3-8(13)1-2-9(10)11(6-14)4-7(11)5-15/h1-3,7,15H,4-5H2. The van der Waals surface area contributed by atoms with Crippen LogP contribution in [-0.2, 0) is 5.41 Å². The van der Waals surface area contributed by atoms with Gasteiger partial charge in [0.05, 0.1) is 11.5 Å². The first kappa shape index (κ1) is 10.4. The van der Waals surface area contributed by atoms with E-state index in [0.29, 0.717) is 12.0 Å². The lowest BCUT2D eigenvalue weighted by Gasteiger charge is -2.10. The van der Waals surface area contributed by atoms with E-state index in [2.05, 4.69) is 6.07 Å². The summed E-state index contributed by atoms with van der Waals surface area (Å²) in [5.74, 6) is -0.497. The topological polar surface area (TPSA) is 44.0 Å². The lowest BCUT2D eigenvalue weighted by atomic mass is 9.95. The van der Waals surface area contributed by atoms with Crippen molar-refractivity contribution in [1.29, 1.82) is 5.26 Å². The Balaban J connectivity index is 2.43. The molecule has 0 spiro atoms. The molecule has 0 radical (unpaired) electrons. The van der Waals surface area contributed by atoms with Crippen molar-refractivity contribution in [3.63, 3.8) is 0 Å². The number of nitriles is 1. The molecule has 0 aliphatic heterocycles. The summed E-state index contributed by atoms with van der Waals surface area (Å²) in [6, 6.07) is 6.17. The van der Waals surface area contributed by atoms with Crippen LogP contribution < -0.4 is 0 Å². The van der Waals surface area contributed by atoms with Crippen LogP contribution in [0.25, 0.3) is 0 Å². The number of benzene rings is 1. The lowest BCUT2D eigenvalue weighted by molar-refractivity contribution is 0.269. The molecule has 2 rings (SSSR count). The van der Waals surface area contributed by atoms with Gasteiger partial charge in [-0.1, -0.05) is 17.7 Å². The van der Waals surface area contributed by atoms with Gasteiger partial charge in [0.2, 0.25) is 0 Å². The van der Waals surface area contributed by atoms with Crippen LogP contribution in [0.2, 0.25) is 5.02 Å². The minimum absolute atomic E-state index is 0.0404. The second-order valence-electron chi connectivity index (χ2n) is 3.79. The van der Waals surface area contributed by atoms with Gasteiger partial charge in [0.15, 0.2) is 0 Å². The Hall–Kier alpha value is -1.11. The fourth-order valence-corrected chi connectivity index (χ4v) is 2.26. The third-order valence-corrected chi connectivity index (χ3v) is 3.25. The Kier molecular flexibility index (Phi) is 2.41. The van der Waals surface area contributed by atoms with Gasteiger partial charge in [0.25, 0.3) is 0 Å². The molecule has 15 heavy (non-hydrogen) atoms. The Morgan fingerprint density at radius 2 is 2.40 bits per heavy atom. The minimum atomic E-state index is -0.709. The fraction of sp³-hybridized carbons (Fsp3) is 0.364. The first-order valence-corrected chi connectivity index (χ1v) is 4.99. The number of nitrogens with zero attached hydrogens (tertiary/aromatic N) is 1. The first-order chi connectivity index (χ1) is 7.14. The van der Waals surface area contributed by atoms with Crippen LogP contribution in [0.4, 0.5) is 4.39 Å². The van der Waals surface area contributed by atoms with Gasteiger partial charge in [-0.15, -0.1) is 0 Å².